The molecule has 3 aromatic carbocycles. The lowest BCUT2D eigenvalue weighted by molar-refractivity contribution is -0.112. The average Bonchev–Trinajstić information content (AvgIpc) is 2.74. The highest BCUT2D eigenvalue weighted by Crippen LogP contribution is 2.36. The summed E-state index contributed by atoms with van der Waals surface area (Å²) < 4.78 is 8.37. The fraction of sp³-hybridized carbons (Fsp3) is 0.0833. The zero-order chi connectivity index (χ0) is 22.4. The van der Waals surface area contributed by atoms with Gasteiger partial charge in [0.1, 0.15) is 24.0 Å². The first-order valence-electron chi connectivity index (χ1n) is 9.22. The number of aryl methyl sites for hydroxylation is 1. The highest BCUT2D eigenvalue weighted by Gasteiger charge is 2.13. The maximum absolute atomic E-state index is 12.5. The van der Waals surface area contributed by atoms with E-state index in [9.17, 15) is 10.1 Å². The molecule has 31 heavy (non-hydrogen) atoms. The first kappa shape index (κ1) is 23.3. The Labute approximate surface area is 206 Å². The number of benzene rings is 3. The molecule has 7 heteroatoms. The van der Waals surface area contributed by atoms with Crippen LogP contribution in [0.4, 0.5) is 5.69 Å². The number of carbonyl (C=O) groups excluding carboxylic acids is 1. The Balaban J connectivity index is 1.76. The van der Waals surface area contributed by atoms with E-state index in [0.29, 0.717) is 32.6 Å². The Bertz CT molecular complexity index is 1140. The van der Waals surface area contributed by atoms with Crippen molar-refractivity contribution in [2.75, 3.05) is 5.32 Å². The topological polar surface area (TPSA) is 62.1 Å². The van der Waals surface area contributed by atoms with Crippen molar-refractivity contribution in [2.45, 2.75) is 13.5 Å². The van der Waals surface area contributed by atoms with Crippen molar-refractivity contribution >= 4 is 65.5 Å². The van der Waals surface area contributed by atoms with Gasteiger partial charge in [-0.05, 0) is 92.4 Å². The predicted octanol–water partition coefficient (Wildman–Crippen LogP) is 7.41. The molecular weight excluding hydrogens is 588 g/mol. The van der Waals surface area contributed by atoms with Gasteiger partial charge in [0, 0.05) is 10.2 Å². The number of hydrogen-bond acceptors (Lipinski definition) is 3. The van der Waals surface area contributed by atoms with Gasteiger partial charge in [-0.2, -0.15) is 5.26 Å². The molecule has 0 atom stereocenters. The van der Waals surface area contributed by atoms with Crippen LogP contribution in [0.3, 0.4) is 0 Å². The summed E-state index contributed by atoms with van der Waals surface area (Å²) in [4.78, 5) is 12.5. The van der Waals surface area contributed by atoms with E-state index in [1.807, 2.05) is 49.4 Å². The molecule has 4 nitrogen and oxygen atoms in total. The molecule has 0 unspecified atom stereocenters. The molecule has 3 rings (SSSR count). The second kappa shape index (κ2) is 10.8. The molecular formula is C24H17Br3N2O2. The van der Waals surface area contributed by atoms with Gasteiger partial charge in [-0.15, -0.1) is 0 Å². The van der Waals surface area contributed by atoms with Crippen molar-refractivity contribution < 1.29 is 9.53 Å². The monoisotopic (exact) mass is 602 g/mol. The fourth-order valence-corrected chi connectivity index (χ4v) is 4.40. The molecule has 0 fully saturated rings. The zero-order valence-electron chi connectivity index (χ0n) is 16.5. The number of amides is 1. The van der Waals surface area contributed by atoms with E-state index in [0.717, 1.165) is 15.6 Å². The van der Waals surface area contributed by atoms with Crippen LogP contribution in [0, 0.1) is 18.3 Å². The number of rotatable bonds is 6. The molecule has 0 heterocycles. The lowest BCUT2D eigenvalue weighted by Crippen LogP contribution is -2.13. The number of ether oxygens (including phenoxy) is 1. The lowest BCUT2D eigenvalue weighted by atomic mass is 10.1. The molecule has 0 aromatic heterocycles. The van der Waals surface area contributed by atoms with Gasteiger partial charge >= 0.3 is 0 Å². The summed E-state index contributed by atoms with van der Waals surface area (Å²) >= 11 is 10.5. The van der Waals surface area contributed by atoms with Crippen molar-refractivity contribution in [3.8, 4) is 11.8 Å². The Morgan fingerprint density at radius 2 is 1.65 bits per heavy atom. The third-order valence-electron chi connectivity index (χ3n) is 4.30. The molecule has 0 aliphatic carbocycles. The number of nitrogens with zero attached hydrogens (tertiary/aromatic N) is 1. The van der Waals surface area contributed by atoms with Crippen LogP contribution in [0.15, 0.2) is 79.7 Å². The van der Waals surface area contributed by atoms with E-state index in [1.54, 1.807) is 24.3 Å². The summed E-state index contributed by atoms with van der Waals surface area (Å²) in [5, 5.41) is 12.2. The third-order valence-corrected chi connectivity index (χ3v) is 6.01. The van der Waals surface area contributed by atoms with Gasteiger partial charge in [0.05, 0.1) is 8.95 Å². The quantitative estimate of drug-likeness (QED) is 0.235. The molecule has 0 aliphatic heterocycles. The number of hydrogen-bond donors (Lipinski definition) is 1. The van der Waals surface area contributed by atoms with E-state index in [-0.39, 0.29) is 5.57 Å². The van der Waals surface area contributed by atoms with Gasteiger partial charge in [0.25, 0.3) is 5.91 Å². The smallest absolute Gasteiger partial charge is 0.266 e. The largest absolute Gasteiger partial charge is 0.487 e. The standard InChI is InChI=1S/C24H17Br3N2O2/c1-15-2-8-20(9-3-15)29-24(30)18(13-28)10-17-11-21(26)23(22(27)12-17)31-14-16-4-6-19(25)7-5-16/h2-12H,14H2,1H3,(H,29,30)/b18-10+. The lowest BCUT2D eigenvalue weighted by Gasteiger charge is -2.12. The van der Waals surface area contributed by atoms with E-state index in [2.05, 4.69) is 53.1 Å². The van der Waals surface area contributed by atoms with Gasteiger partial charge in [-0.25, -0.2) is 0 Å². The molecule has 0 bridgehead atoms. The summed E-state index contributed by atoms with van der Waals surface area (Å²) in [5.74, 6) is 0.178. The van der Waals surface area contributed by atoms with Crippen molar-refractivity contribution in [1.82, 2.24) is 0 Å². The van der Waals surface area contributed by atoms with Crippen LogP contribution in [0.2, 0.25) is 0 Å². The third kappa shape index (κ3) is 6.54. The molecule has 1 amide bonds. The minimum Gasteiger partial charge on any atom is -0.487 e. The molecule has 0 aliphatic rings. The Kier molecular flexibility index (Phi) is 8.08. The second-order valence-electron chi connectivity index (χ2n) is 6.72. The number of nitrogens with one attached hydrogen (secondary N) is 1. The molecule has 156 valence electrons. The molecule has 3 aromatic rings. The number of halogens is 3. The van der Waals surface area contributed by atoms with Crippen LogP contribution in [-0.2, 0) is 11.4 Å². The Morgan fingerprint density at radius 3 is 2.23 bits per heavy atom. The Morgan fingerprint density at radius 1 is 1.03 bits per heavy atom. The SMILES string of the molecule is Cc1ccc(NC(=O)/C(C#N)=C/c2cc(Br)c(OCc3ccc(Br)cc3)c(Br)c2)cc1. The number of anilines is 1. The highest BCUT2D eigenvalue weighted by atomic mass is 79.9. The van der Waals surface area contributed by atoms with Crippen LogP contribution in [-0.4, -0.2) is 5.91 Å². The second-order valence-corrected chi connectivity index (χ2v) is 9.34. The molecule has 1 N–H and O–H groups in total. The summed E-state index contributed by atoms with van der Waals surface area (Å²) in [6.45, 7) is 2.37. The van der Waals surface area contributed by atoms with Crippen LogP contribution in [0.5, 0.6) is 5.75 Å². The molecule has 0 spiro atoms. The first-order chi connectivity index (χ1) is 14.9. The van der Waals surface area contributed by atoms with Crippen LogP contribution >= 0.6 is 47.8 Å². The maximum atomic E-state index is 12.5. The van der Waals surface area contributed by atoms with Crippen LogP contribution < -0.4 is 10.1 Å². The van der Waals surface area contributed by atoms with Gasteiger partial charge < -0.3 is 10.1 Å². The maximum Gasteiger partial charge on any atom is 0.266 e. The van der Waals surface area contributed by atoms with E-state index in [1.165, 1.54) is 6.08 Å². The highest BCUT2D eigenvalue weighted by molar-refractivity contribution is 9.11. The van der Waals surface area contributed by atoms with Crippen molar-refractivity contribution in [2.24, 2.45) is 0 Å². The summed E-state index contributed by atoms with van der Waals surface area (Å²) in [6.07, 6.45) is 1.54. The van der Waals surface area contributed by atoms with Crippen molar-refractivity contribution in [3.05, 3.63) is 96.3 Å². The van der Waals surface area contributed by atoms with Gasteiger partial charge in [-0.1, -0.05) is 45.8 Å². The van der Waals surface area contributed by atoms with Crippen LogP contribution in [0.25, 0.3) is 6.08 Å². The normalized spacial score (nSPS) is 11.0. The van der Waals surface area contributed by atoms with Gasteiger partial charge in [0.15, 0.2) is 0 Å². The molecule has 0 radical (unpaired) electrons. The molecule has 0 saturated carbocycles. The van der Waals surface area contributed by atoms with Crippen LogP contribution in [0.1, 0.15) is 16.7 Å². The minimum atomic E-state index is -0.464. The fourth-order valence-electron chi connectivity index (χ4n) is 2.69. The summed E-state index contributed by atoms with van der Waals surface area (Å²) in [7, 11) is 0. The van der Waals surface area contributed by atoms with Crippen molar-refractivity contribution in [3.63, 3.8) is 0 Å². The van der Waals surface area contributed by atoms with Crippen molar-refractivity contribution in [1.29, 1.82) is 5.26 Å². The minimum absolute atomic E-state index is 0.00269. The Hall–Kier alpha value is -2.40. The predicted molar refractivity (Wildman–Crippen MR) is 134 cm³/mol. The van der Waals surface area contributed by atoms with E-state index >= 15 is 0 Å². The first-order valence-corrected chi connectivity index (χ1v) is 11.6. The molecule has 0 saturated heterocycles. The summed E-state index contributed by atoms with van der Waals surface area (Å²) in [6, 6.07) is 20.8. The zero-order valence-corrected chi connectivity index (χ0v) is 21.2. The van der Waals surface area contributed by atoms with Gasteiger partial charge in [-0.3, -0.25) is 4.79 Å². The number of carbonyl (C=O) groups is 1. The van der Waals surface area contributed by atoms with E-state index < -0.39 is 5.91 Å². The number of nitriles is 1. The van der Waals surface area contributed by atoms with Gasteiger partial charge in [0.2, 0.25) is 0 Å². The summed E-state index contributed by atoms with van der Waals surface area (Å²) in [5.41, 5.74) is 3.45. The average molecular weight is 605 g/mol. The van der Waals surface area contributed by atoms with E-state index in [4.69, 9.17) is 4.74 Å².